The summed E-state index contributed by atoms with van der Waals surface area (Å²) in [5.41, 5.74) is -2.36. The zero-order valence-corrected chi connectivity index (χ0v) is 12.1. The Labute approximate surface area is 115 Å². The Morgan fingerprint density at radius 3 is 2.53 bits per heavy atom. The van der Waals surface area contributed by atoms with Crippen LogP contribution in [-0.2, 0) is 9.53 Å². The molecule has 0 aromatic carbocycles. The highest BCUT2D eigenvalue weighted by atomic mass is 32.1. The van der Waals surface area contributed by atoms with Crippen LogP contribution in [0.1, 0.15) is 38.2 Å². The fraction of sp³-hybridized carbons (Fsp3) is 0.636. The fourth-order valence-corrected chi connectivity index (χ4v) is 1.48. The molecule has 0 fully saturated rings. The number of rotatable bonds is 4. The third kappa shape index (κ3) is 4.92. The Kier molecular flexibility index (Phi) is 4.59. The first-order valence-electron chi connectivity index (χ1n) is 5.63. The average Bonchev–Trinajstić information content (AvgIpc) is 2.77. The van der Waals surface area contributed by atoms with Crippen molar-refractivity contribution >= 4 is 23.6 Å². The average molecular weight is 287 g/mol. The van der Waals surface area contributed by atoms with Gasteiger partial charge in [-0.05, 0) is 27.7 Å². The molecule has 1 rings (SSSR count). The molecule has 1 aromatic heterocycles. The molecule has 0 aliphatic heterocycles. The molecule has 2 N–H and O–H groups in total. The first-order chi connectivity index (χ1) is 8.62. The number of hydrogen-bond donors (Lipinski definition) is 2. The van der Waals surface area contributed by atoms with Crippen molar-refractivity contribution in [3.63, 3.8) is 0 Å². The van der Waals surface area contributed by atoms with Gasteiger partial charge in [-0.25, -0.2) is 4.79 Å². The van der Waals surface area contributed by atoms with Gasteiger partial charge in [-0.3, -0.25) is 4.79 Å². The van der Waals surface area contributed by atoms with Crippen LogP contribution in [0.2, 0.25) is 0 Å². The van der Waals surface area contributed by atoms with Gasteiger partial charge in [0.05, 0.1) is 24.5 Å². The monoisotopic (exact) mass is 287 g/mol. The van der Waals surface area contributed by atoms with Gasteiger partial charge in [0, 0.05) is 0 Å². The molecule has 0 spiro atoms. The summed E-state index contributed by atoms with van der Waals surface area (Å²) in [4.78, 5) is 23.3. The van der Waals surface area contributed by atoms with Gasteiger partial charge in [0.25, 0.3) is 5.91 Å². The lowest BCUT2D eigenvalue weighted by atomic mass is 10.1. The number of nitrogens with zero attached hydrogens (tertiary/aromatic N) is 2. The van der Waals surface area contributed by atoms with E-state index < -0.39 is 23.1 Å². The summed E-state index contributed by atoms with van der Waals surface area (Å²) in [5, 5.41) is 12.4. The summed E-state index contributed by atoms with van der Waals surface area (Å²) in [6.45, 7) is 6.10. The molecular weight excluding hydrogens is 270 g/mol. The van der Waals surface area contributed by atoms with Crippen LogP contribution in [-0.4, -0.2) is 43.5 Å². The van der Waals surface area contributed by atoms with Crippen molar-refractivity contribution in [1.29, 1.82) is 0 Å². The van der Waals surface area contributed by atoms with Crippen LogP contribution in [0.15, 0.2) is 6.20 Å². The minimum absolute atomic E-state index is 0.144. The number of nitrogens with one attached hydrogen (secondary N) is 1. The van der Waals surface area contributed by atoms with Crippen molar-refractivity contribution in [3.05, 3.63) is 11.9 Å². The van der Waals surface area contributed by atoms with Gasteiger partial charge in [0.1, 0.15) is 5.60 Å². The van der Waals surface area contributed by atoms with E-state index in [2.05, 4.69) is 14.1 Å². The minimum Gasteiger partial charge on any atom is -0.458 e. The maximum Gasteiger partial charge on any atom is 0.340 e. The number of aliphatic hydroxyl groups is 1. The predicted molar refractivity (Wildman–Crippen MR) is 68.7 cm³/mol. The van der Waals surface area contributed by atoms with E-state index in [-0.39, 0.29) is 12.2 Å². The van der Waals surface area contributed by atoms with Crippen molar-refractivity contribution in [2.75, 3.05) is 6.54 Å². The van der Waals surface area contributed by atoms with E-state index in [1.807, 2.05) is 0 Å². The van der Waals surface area contributed by atoms with E-state index in [1.165, 1.54) is 13.1 Å². The van der Waals surface area contributed by atoms with Crippen LogP contribution >= 0.6 is 11.7 Å². The van der Waals surface area contributed by atoms with Gasteiger partial charge >= 0.3 is 5.97 Å². The maximum absolute atomic E-state index is 11.7. The van der Waals surface area contributed by atoms with E-state index in [0.29, 0.717) is 0 Å². The van der Waals surface area contributed by atoms with Gasteiger partial charge in [0.2, 0.25) is 0 Å². The molecule has 1 atom stereocenters. The van der Waals surface area contributed by atoms with Gasteiger partial charge in [-0.15, -0.1) is 0 Å². The molecule has 1 aromatic rings. The van der Waals surface area contributed by atoms with Crippen LogP contribution in [0, 0.1) is 0 Å². The molecular formula is C11H17N3O4S. The summed E-state index contributed by atoms with van der Waals surface area (Å²) in [6, 6.07) is 0. The molecule has 106 valence electrons. The van der Waals surface area contributed by atoms with E-state index in [4.69, 9.17) is 4.74 Å². The second-order valence-electron chi connectivity index (χ2n) is 5.25. The quantitative estimate of drug-likeness (QED) is 0.775. The Balaban J connectivity index is 2.55. The van der Waals surface area contributed by atoms with E-state index in [9.17, 15) is 14.7 Å². The number of carbonyl (C=O) groups excluding carboxylic acids is 2. The summed E-state index contributed by atoms with van der Waals surface area (Å²) in [5.74, 6) is -1.30. The highest BCUT2D eigenvalue weighted by molar-refractivity contribution is 6.99. The Morgan fingerprint density at radius 2 is 2.05 bits per heavy atom. The fourth-order valence-electron chi connectivity index (χ4n) is 1.07. The number of amides is 1. The van der Waals surface area contributed by atoms with Crippen LogP contribution in [0.5, 0.6) is 0 Å². The summed E-state index contributed by atoms with van der Waals surface area (Å²) < 4.78 is 12.5. The normalized spacial score (nSPS) is 14.6. The Hall–Kier alpha value is -1.54. The molecule has 19 heavy (non-hydrogen) atoms. The summed E-state index contributed by atoms with van der Waals surface area (Å²) in [6.07, 6.45) is 1.31. The Bertz CT molecular complexity index is 451. The molecule has 0 saturated carbocycles. The van der Waals surface area contributed by atoms with Crippen molar-refractivity contribution < 1.29 is 19.4 Å². The second-order valence-corrected chi connectivity index (χ2v) is 5.81. The largest absolute Gasteiger partial charge is 0.458 e. The van der Waals surface area contributed by atoms with Crippen LogP contribution < -0.4 is 5.32 Å². The standard InChI is InChI=1S/C11H17N3O4S/c1-10(2,3)18-9(16)11(4,17)6-12-8(15)7-5-13-19-14-7/h5,17H,6H2,1-4H3,(H,12,15)/t11-/m1/s1. The third-order valence-electron chi connectivity index (χ3n) is 2.03. The first kappa shape index (κ1) is 15.5. The molecule has 7 nitrogen and oxygen atoms in total. The molecule has 0 aliphatic rings. The maximum atomic E-state index is 11.7. The van der Waals surface area contributed by atoms with Gasteiger partial charge in [0.15, 0.2) is 11.3 Å². The zero-order chi connectivity index (χ0) is 14.7. The molecule has 0 bridgehead atoms. The molecule has 0 aliphatic carbocycles. The van der Waals surface area contributed by atoms with Gasteiger partial charge in [-0.2, -0.15) is 8.75 Å². The highest BCUT2D eigenvalue weighted by Crippen LogP contribution is 2.13. The lowest BCUT2D eigenvalue weighted by Gasteiger charge is -2.27. The summed E-state index contributed by atoms with van der Waals surface area (Å²) in [7, 11) is 0. The zero-order valence-electron chi connectivity index (χ0n) is 11.3. The van der Waals surface area contributed by atoms with E-state index >= 15 is 0 Å². The van der Waals surface area contributed by atoms with E-state index in [0.717, 1.165) is 11.7 Å². The van der Waals surface area contributed by atoms with Gasteiger partial charge < -0.3 is 15.2 Å². The van der Waals surface area contributed by atoms with Crippen LogP contribution in [0.3, 0.4) is 0 Å². The van der Waals surface area contributed by atoms with Crippen LogP contribution in [0.25, 0.3) is 0 Å². The molecule has 0 radical (unpaired) electrons. The number of hydrogen-bond acceptors (Lipinski definition) is 7. The number of esters is 1. The Morgan fingerprint density at radius 1 is 1.42 bits per heavy atom. The molecule has 0 saturated heterocycles. The predicted octanol–water partition coefficient (Wildman–Crippen LogP) is 0.361. The molecule has 8 heteroatoms. The topological polar surface area (TPSA) is 101 Å². The lowest BCUT2D eigenvalue weighted by Crippen LogP contribution is -2.49. The molecule has 1 amide bonds. The molecule has 1 heterocycles. The third-order valence-corrected chi connectivity index (χ3v) is 2.50. The summed E-state index contributed by atoms with van der Waals surface area (Å²) >= 11 is 0.900. The smallest absolute Gasteiger partial charge is 0.340 e. The van der Waals surface area contributed by atoms with Crippen LogP contribution in [0.4, 0.5) is 0 Å². The van der Waals surface area contributed by atoms with Crippen molar-refractivity contribution in [1.82, 2.24) is 14.1 Å². The lowest BCUT2D eigenvalue weighted by molar-refractivity contribution is -0.174. The molecule has 0 unspecified atom stereocenters. The number of ether oxygens (including phenoxy) is 1. The van der Waals surface area contributed by atoms with E-state index in [1.54, 1.807) is 20.8 Å². The number of carbonyl (C=O) groups is 2. The van der Waals surface area contributed by atoms with Crippen molar-refractivity contribution in [2.45, 2.75) is 38.9 Å². The van der Waals surface area contributed by atoms with Crippen molar-refractivity contribution in [3.8, 4) is 0 Å². The number of aromatic nitrogens is 2. The SMILES string of the molecule is CC(C)(C)OC(=O)[C@](C)(O)CNC(=O)c1cnsn1. The second kappa shape index (κ2) is 5.62. The highest BCUT2D eigenvalue weighted by Gasteiger charge is 2.35. The van der Waals surface area contributed by atoms with Crippen molar-refractivity contribution in [2.24, 2.45) is 0 Å². The minimum atomic E-state index is -1.80. The van der Waals surface area contributed by atoms with Gasteiger partial charge in [-0.1, -0.05) is 0 Å². The first-order valence-corrected chi connectivity index (χ1v) is 6.36.